The molecule has 0 radical (unpaired) electrons. The molecule has 1 aromatic carbocycles. The summed E-state index contributed by atoms with van der Waals surface area (Å²) in [5.41, 5.74) is 1.41. The zero-order valence-corrected chi connectivity index (χ0v) is 13.8. The third-order valence-electron chi connectivity index (χ3n) is 3.30. The molecule has 1 N–H and O–H groups in total. The molecule has 0 spiro atoms. The number of rotatable bonds is 5. The number of ether oxygens (including phenoxy) is 1. The van der Waals surface area contributed by atoms with Crippen molar-refractivity contribution in [2.75, 3.05) is 5.32 Å². The molecule has 0 aliphatic carbocycles. The summed E-state index contributed by atoms with van der Waals surface area (Å²) in [5, 5.41) is 9.08. The summed E-state index contributed by atoms with van der Waals surface area (Å²) in [7, 11) is 1.79. The quantitative estimate of drug-likeness (QED) is 0.778. The van der Waals surface area contributed by atoms with E-state index < -0.39 is 0 Å². The van der Waals surface area contributed by atoms with Crippen LogP contribution in [0.2, 0.25) is 0 Å². The number of amides is 1. The van der Waals surface area contributed by atoms with E-state index in [1.807, 2.05) is 42.6 Å². The van der Waals surface area contributed by atoms with E-state index >= 15 is 0 Å². The maximum absolute atomic E-state index is 12.4. The van der Waals surface area contributed by atoms with Crippen LogP contribution in [-0.4, -0.2) is 15.7 Å². The van der Waals surface area contributed by atoms with Gasteiger partial charge in [0, 0.05) is 23.6 Å². The monoisotopic (exact) mass is 327 g/mol. The van der Waals surface area contributed by atoms with Gasteiger partial charge in [0.25, 0.3) is 5.91 Å². The van der Waals surface area contributed by atoms with Crippen LogP contribution >= 0.6 is 11.3 Å². The number of aromatic nitrogens is 2. The van der Waals surface area contributed by atoms with Gasteiger partial charge in [-0.2, -0.15) is 5.10 Å². The van der Waals surface area contributed by atoms with Crippen LogP contribution in [-0.2, 0) is 13.7 Å². The molecule has 0 fully saturated rings. The molecule has 2 aromatic heterocycles. The van der Waals surface area contributed by atoms with Crippen LogP contribution in [0, 0.1) is 6.92 Å². The summed E-state index contributed by atoms with van der Waals surface area (Å²) in [4.78, 5) is 13.5. The Kier molecular flexibility index (Phi) is 4.43. The highest BCUT2D eigenvalue weighted by molar-refractivity contribution is 7.09. The summed E-state index contributed by atoms with van der Waals surface area (Å²) in [5.74, 6) is 1.15. The van der Waals surface area contributed by atoms with Gasteiger partial charge in [0.2, 0.25) is 0 Å². The minimum atomic E-state index is -0.186. The van der Waals surface area contributed by atoms with Crippen molar-refractivity contribution < 1.29 is 9.53 Å². The fourth-order valence-corrected chi connectivity index (χ4v) is 2.81. The highest BCUT2D eigenvalue weighted by atomic mass is 32.1. The van der Waals surface area contributed by atoms with E-state index in [1.165, 1.54) is 0 Å². The molecule has 0 atom stereocenters. The van der Waals surface area contributed by atoms with Crippen molar-refractivity contribution in [3.8, 4) is 5.75 Å². The molecule has 0 saturated heterocycles. The average Bonchev–Trinajstić information content (AvgIpc) is 3.15. The van der Waals surface area contributed by atoms with Gasteiger partial charge in [-0.1, -0.05) is 12.1 Å². The molecule has 2 heterocycles. The Morgan fingerprint density at radius 1 is 1.30 bits per heavy atom. The van der Waals surface area contributed by atoms with Crippen LogP contribution < -0.4 is 10.1 Å². The number of nitrogens with one attached hydrogen (secondary N) is 1. The van der Waals surface area contributed by atoms with Crippen molar-refractivity contribution in [1.29, 1.82) is 0 Å². The van der Waals surface area contributed by atoms with Gasteiger partial charge in [0.05, 0.1) is 5.69 Å². The first-order chi connectivity index (χ1) is 11.1. The second-order valence-electron chi connectivity index (χ2n) is 5.14. The summed E-state index contributed by atoms with van der Waals surface area (Å²) < 4.78 is 7.38. The smallest absolute Gasteiger partial charge is 0.256 e. The molecule has 0 aliphatic heterocycles. The molecule has 3 rings (SSSR count). The number of carbonyl (C=O) groups excluding carboxylic acids is 1. The number of carbonyl (C=O) groups is 1. The number of hydrogen-bond donors (Lipinski definition) is 1. The normalized spacial score (nSPS) is 10.5. The van der Waals surface area contributed by atoms with Gasteiger partial charge >= 0.3 is 0 Å². The van der Waals surface area contributed by atoms with E-state index in [0.717, 1.165) is 10.6 Å². The summed E-state index contributed by atoms with van der Waals surface area (Å²) in [6.07, 6.45) is 0. The van der Waals surface area contributed by atoms with E-state index in [4.69, 9.17) is 4.74 Å². The Balaban J connectivity index is 1.68. The number of aryl methyl sites for hydroxylation is 2. The van der Waals surface area contributed by atoms with Crippen LogP contribution in [0.4, 0.5) is 5.82 Å². The lowest BCUT2D eigenvalue weighted by atomic mass is 10.2. The molecule has 5 nitrogen and oxygen atoms in total. The lowest BCUT2D eigenvalue weighted by molar-refractivity contribution is 0.102. The Morgan fingerprint density at radius 3 is 2.87 bits per heavy atom. The lowest BCUT2D eigenvalue weighted by Gasteiger charge is -2.08. The molecule has 23 heavy (non-hydrogen) atoms. The maximum atomic E-state index is 12.4. The van der Waals surface area contributed by atoms with Gasteiger partial charge in [0.15, 0.2) is 0 Å². The molecule has 3 aromatic rings. The number of anilines is 1. The number of nitrogens with zero attached hydrogens (tertiary/aromatic N) is 2. The molecule has 6 heteroatoms. The van der Waals surface area contributed by atoms with Crippen LogP contribution in [0.15, 0.2) is 47.8 Å². The third-order valence-corrected chi connectivity index (χ3v) is 4.15. The Bertz CT molecular complexity index is 809. The summed E-state index contributed by atoms with van der Waals surface area (Å²) in [6.45, 7) is 2.39. The van der Waals surface area contributed by atoms with Gasteiger partial charge < -0.3 is 10.1 Å². The molecular formula is C17H17N3O2S. The minimum Gasteiger partial charge on any atom is -0.488 e. The second kappa shape index (κ2) is 6.66. The first-order valence-corrected chi connectivity index (χ1v) is 8.07. The average molecular weight is 327 g/mol. The fraction of sp³-hybridized carbons (Fsp3) is 0.176. The van der Waals surface area contributed by atoms with Gasteiger partial charge in [-0.15, -0.1) is 11.3 Å². The minimum absolute atomic E-state index is 0.186. The SMILES string of the molecule is Cc1cc(NC(=O)c2cccc(OCc3cccs3)c2)n(C)n1. The van der Waals surface area contributed by atoms with Crippen molar-refractivity contribution in [2.24, 2.45) is 7.05 Å². The van der Waals surface area contributed by atoms with E-state index in [0.29, 0.717) is 23.7 Å². The van der Waals surface area contributed by atoms with Gasteiger partial charge in [-0.3, -0.25) is 9.48 Å². The maximum Gasteiger partial charge on any atom is 0.256 e. The first kappa shape index (κ1) is 15.3. The molecule has 0 unspecified atom stereocenters. The van der Waals surface area contributed by atoms with E-state index in [9.17, 15) is 4.79 Å². The zero-order chi connectivity index (χ0) is 16.2. The highest BCUT2D eigenvalue weighted by Gasteiger charge is 2.10. The largest absolute Gasteiger partial charge is 0.488 e. The van der Waals surface area contributed by atoms with Gasteiger partial charge in [0.1, 0.15) is 18.2 Å². The van der Waals surface area contributed by atoms with Crippen LogP contribution in [0.5, 0.6) is 5.75 Å². The predicted octanol–water partition coefficient (Wildman–Crippen LogP) is 3.62. The molecule has 1 amide bonds. The summed E-state index contributed by atoms with van der Waals surface area (Å²) in [6, 6.07) is 13.0. The summed E-state index contributed by atoms with van der Waals surface area (Å²) >= 11 is 1.64. The Morgan fingerprint density at radius 2 is 2.17 bits per heavy atom. The molecule has 118 valence electrons. The molecule has 0 aliphatic rings. The topological polar surface area (TPSA) is 56.1 Å². The van der Waals surface area contributed by atoms with E-state index in [1.54, 1.807) is 35.2 Å². The number of thiophene rings is 1. The molecule has 0 bridgehead atoms. The van der Waals surface area contributed by atoms with Crippen molar-refractivity contribution in [1.82, 2.24) is 9.78 Å². The van der Waals surface area contributed by atoms with Crippen LogP contribution in [0.3, 0.4) is 0 Å². The van der Waals surface area contributed by atoms with Gasteiger partial charge in [-0.25, -0.2) is 0 Å². The van der Waals surface area contributed by atoms with Gasteiger partial charge in [-0.05, 0) is 36.6 Å². The van der Waals surface area contributed by atoms with Crippen molar-refractivity contribution in [2.45, 2.75) is 13.5 Å². The third kappa shape index (κ3) is 3.78. The molecular weight excluding hydrogens is 310 g/mol. The first-order valence-electron chi connectivity index (χ1n) is 7.19. The predicted molar refractivity (Wildman–Crippen MR) is 91.0 cm³/mol. The second-order valence-corrected chi connectivity index (χ2v) is 6.18. The Hall–Kier alpha value is -2.60. The van der Waals surface area contributed by atoms with Crippen molar-refractivity contribution in [3.63, 3.8) is 0 Å². The van der Waals surface area contributed by atoms with Crippen molar-refractivity contribution in [3.05, 3.63) is 64.0 Å². The fourth-order valence-electron chi connectivity index (χ4n) is 2.19. The lowest BCUT2D eigenvalue weighted by Crippen LogP contribution is -2.14. The zero-order valence-electron chi connectivity index (χ0n) is 12.9. The van der Waals surface area contributed by atoms with Crippen molar-refractivity contribution >= 4 is 23.1 Å². The molecule has 0 saturated carbocycles. The Labute approximate surface area is 138 Å². The number of benzene rings is 1. The van der Waals surface area contributed by atoms with E-state index in [-0.39, 0.29) is 5.91 Å². The van der Waals surface area contributed by atoms with Crippen LogP contribution in [0.1, 0.15) is 20.9 Å². The number of hydrogen-bond acceptors (Lipinski definition) is 4. The highest BCUT2D eigenvalue weighted by Crippen LogP contribution is 2.18. The standard InChI is InChI=1S/C17H17N3O2S/c1-12-9-16(20(2)19-12)18-17(21)13-5-3-6-14(10-13)22-11-15-7-4-8-23-15/h3-10H,11H2,1-2H3,(H,18,21). The van der Waals surface area contributed by atoms with Crippen LogP contribution in [0.25, 0.3) is 0 Å². The van der Waals surface area contributed by atoms with E-state index in [2.05, 4.69) is 10.4 Å².